The van der Waals surface area contributed by atoms with Gasteiger partial charge in [0.25, 0.3) is 0 Å². The molecule has 0 fully saturated rings. The summed E-state index contributed by atoms with van der Waals surface area (Å²) in [7, 11) is 0. The van der Waals surface area contributed by atoms with E-state index in [0.29, 0.717) is 0 Å². The van der Waals surface area contributed by atoms with E-state index in [2.05, 4.69) is 5.16 Å². The van der Waals surface area contributed by atoms with Gasteiger partial charge < -0.3 is 4.84 Å². The highest BCUT2D eigenvalue weighted by atomic mass is 16.7. The van der Waals surface area contributed by atoms with Gasteiger partial charge >= 0.3 is 0 Å². The number of allylic oxidation sites excluding steroid dienone is 2. The zero-order valence-corrected chi connectivity index (χ0v) is 5.16. The summed E-state index contributed by atoms with van der Waals surface area (Å²) in [6, 6.07) is 0. The molecular weight excluding hydrogens is 114 g/mol. The van der Waals surface area contributed by atoms with Gasteiger partial charge in [-0.1, -0.05) is 17.3 Å². The summed E-state index contributed by atoms with van der Waals surface area (Å²) >= 11 is 0. The van der Waals surface area contributed by atoms with Gasteiger partial charge in [-0.2, -0.15) is 0 Å². The lowest BCUT2D eigenvalue weighted by Crippen LogP contribution is -2.32. The molecule has 1 aliphatic carbocycles. The maximum atomic E-state index is 4.92. The second-order valence-electron chi connectivity index (χ2n) is 2.27. The number of hydrogen-bond donors (Lipinski definition) is 0. The van der Waals surface area contributed by atoms with Gasteiger partial charge in [0.15, 0.2) is 6.10 Å². The third kappa shape index (κ3) is 0.529. The quantitative estimate of drug-likeness (QED) is 0.472. The van der Waals surface area contributed by atoms with Crippen LogP contribution in [0.2, 0.25) is 0 Å². The van der Waals surface area contributed by atoms with Crippen molar-refractivity contribution in [2.24, 2.45) is 5.16 Å². The lowest BCUT2D eigenvalue weighted by atomic mass is 10.0. The minimum Gasteiger partial charge on any atom is -0.381 e. The van der Waals surface area contributed by atoms with Gasteiger partial charge in [0.2, 0.25) is 0 Å². The molecule has 0 unspecified atom stereocenters. The van der Waals surface area contributed by atoms with Crippen molar-refractivity contribution in [2.75, 3.05) is 0 Å². The van der Waals surface area contributed by atoms with Crippen LogP contribution in [0.1, 0.15) is 6.92 Å². The van der Waals surface area contributed by atoms with E-state index in [1.54, 1.807) is 0 Å². The summed E-state index contributed by atoms with van der Waals surface area (Å²) < 4.78 is 0. The molecule has 0 aromatic heterocycles. The van der Waals surface area contributed by atoms with E-state index in [4.69, 9.17) is 4.84 Å². The normalized spacial score (nSPS) is 29.2. The van der Waals surface area contributed by atoms with Crippen molar-refractivity contribution in [2.45, 2.75) is 13.0 Å². The zero-order valence-electron chi connectivity index (χ0n) is 5.16. The standard InChI is InChI=1S/C7H7NO/c1-5-3-2-4-6-7(5)9-8-6/h2-4,7H,1H3/t7-/m1/s1. The van der Waals surface area contributed by atoms with Gasteiger partial charge in [0.1, 0.15) is 5.71 Å². The summed E-state index contributed by atoms with van der Waals surface area (Å²) in [6.07, 6.45) is 6.19. The molecule has 2 rings (SSSR count). The third-order valence-corrected chi connectivity index (χ3v) is 1.57. The molecule has 1 heterocycles. The molecule has 0 aromatic carbocycles. The van der Waals surface area contributed by atoms with Crippen LogP contribution in [-0.4, -0.2) is 11.8 Å². The Kier molecular flexibility index (Phi) is 0.781. The summed E-state index contributed by atoms with van der Waals surface area (Å²) in [6.45, 7) is 2.04. The van der Waals surface area contributed by atoms with Crippen molar-refractivity contribution in [3.05, 3.63) is 23.8 Å². The predicted molar refractivity (Wildman–Crippen MR) is 35.2 cm³/mol. The molecule has 0 saturated heterocycles. The van der Waals surface area contributed by atoms with Gasteiger partial charge in [-0.15, -0.1) is 0 Å². The van der Waals surface area contributed by atoms with E-state index in [9.17, 15) is 0 Å². The molecule has 1 atom stereocenters. The lowest BCUT2D eigenvalue weighted by Gasteiger charge is -2.25. The minimum absolute atomic E-state index is 0.176. The van der Waals surface area contributed by atoms with Crippen molar-refractivity contribution in [1.29, 1.82) is 0 Å². The molecule has 1 aliphatic heterocycles. The molecule has 0 aromatic rings. The van der Waals surface area contributed by atoms with Crippen LogP contribution in [0.3, 0.4) is 0 Å². The number of oxime groups is 1. The molecule has 0 N–H and O–H groups in total. The van der Waals surface area contributed by atoms with E-state index >= 15 is 0 Å². The second-order valence-corrected chi connectivity index (χ2v) is 2.27. The predicted octanol–water partition coefficient (Wildman–Crippen LogP) is 1.26. The number of fused-ring (bicyclic) bond motifs is 1. The molecule has 0 bridgehead atoms. The fourth-order valence-electron chi connectivity index (χ4n) is 0.986. The van der Waals surface area contributed by atoms with Crippen LogP contribution in [0, 0.1) is 0 Å². The van der Waals surface area contributed by atoms with Crippen LogP contribution >= 0.6 is 0 Å². The lowest BCUT2D eigenvalue weighted by molar-refractivity contribution is 0.0854. The van der Waals surface area contributed by atoms with Gasteiger partial charge in [0, 0.05) is 0 Å². The number of hydrogen-bond acceptors (Lipinski definition) is 2. The monoisotopic (exact) mass is 121 g/mol. The Bertz CT molecular complexity index is 225. The van der Waals surface area contributed by atoms with Crippen LogP contribution in [0.15, 0.2) is 29.0 Å². The molecular formula is C7H7NO. The van der Waals surface area contributed by atoms with E-state index in [-0.39, 0.29) is 6.10 Å². The maximum Gasteiger partial charge on any atom is 0.193 e. The number of rotatable bonds is 0. The molecule has 0 amide bonds. The highest BCUT2D eigenvalue weighted by Gasteiger charge is 2.27. The SMILES string of the molecule is CC1=CC=CC2=NO[C@H]12. The molecule has 0 spiro atoms. The van der Waals surface area contributed by atoms with Gasteiger partial charge in [-0.3, -0.25) is 0 Å². The van der Waals surface area contributed by atoms with Gasteiger partial charge in [0.05, 0.1) is 0 Å². The highest BCUT2D eigenvalue weighted by Crippen LogP contribution is 2.21. The fraction of sp³-hybridized carbons (Fsp3) is 0.286. The van der Waals surface area contributed by atoms with Crippen LogP contribution in [0.4, 0.5) is 0 Å². The third-order valence-electron chi connectivity index (χ3n) is 1.57. The van der Waals surface area contributed by atoms with Crippen molar-refractivity contribution >= 4 is 5.71 Å². The van der Waals surface area contributed by atoms with Gasteiger partial charge in [-0.25, -0.2) is 0 Å². The van der Waals surface area contributed by atoms with Crippen molar-refractivity contribution in [3.63, 3.8) is 0 Å². The van der Waals surface area contributed by atoms with E-state index < -0.39 is 0 Å². The first-order valence-corrected chi connectivity index (χ1v) is 2.96. The summed E-state index contributed by atoms with van der Waals surface area (Å²) in [5.41, 5.74) is 2.29. The largest absolute Gasteiger partial charge is 0.381 e. The average molecular weight is 121 g/mol. The Morgan fingerprint density at radius 3 is 3.00 bits per heavy atom. The van der Waals surface area contributed by atoms with E-state index in [1.165, 1.54) is 5.57 Å². The van der Waals surface area contributed by atoms with E-state index in [0.717, 1.165) is 5.71 Å². The van der Waals surface area contributed by atoms with Crippen LogP contribution in [0.25, 0.3) is 0 Å². The Labute approximate surface area is 53.5 Å². The minimum atomic E-state index is 0.176. The molecule has 2 aliphatic rings. The molecule has 0 radical (unpaired) electrons. The average Bonchev–Trinajstić information content (AvgIpc) is 1.74. The summed E-state index contributed by atoms with van der Waals surface area (Å²) in [4.78, 5) is 4.92. The van der Waals surface area contributed by atoms with Gasteiger partial charge in [-0.05, 0) is 18.6 Å². The zero-order chi connectivity index (χ0) is 6.27. The second kappa shape index (κ2) is 1.47. The topological polar surface area (TPSA) is 21.6 Å². The highest BCUT2D eigenvalue weighted by molar-refractivity contribution is 6.03. The van der Waals surface area contributed by atoms with Crippen LogP contribution < -0.4 is 0 Å². The molecule has 2 nitrogen and oxygen atoms in total. The first-order valence-electron chi connectivity index (χ1n) is 2.96. The summed E-state index contributed by atoms with van der Waals surface area (Å²) in [5, 5.41) is 3.73. The molecule has 9 heavy (non-hydrogen) atoms. The maximum absolute atomic E-state index is 4.92. The molecule has 2 heteroatoms. The van der Waals surface area contributed by atoms with Crippen molar-refractivity contribution < 1.29 is 4.84 Å². The van der Waals surface area contributed by atoms with Crippen LogP contribution in [-0.2, 0) is 4.84 Å². The first-order chi connectivity index (χ1) is 4.38. The molecule has 46 valence electrons. The Hall–Kier alpha value is -1.05. The van der Waals surface area contributed by atoms with E-state index in [1.807, 2.05) is 25.2 Å². The number of nitrogens with zero attached hydrogens (tertiary/aromatic N) is 1. The fourth-order valence-corrected chi connectivity index (χ4v) is 0.986. The Morgan fingerprint density at radius 1 is 1.67 bits per heavy atom. The smallest absolute Gasteiger partial charge is 0.193 e. The van der Waals surface area contributed by atoms with Crippen molar-refractivity contribution in [1.82, 2.24) is 0 Å². The summed E-state index contributed by atoms with van der Waals surface area (Å²) in [5.74, 6) is 0. The molecule has 0 saturated carbocycles. The van der Waals surface area contributed by atoms with Crippen molar-refractivity contribution in [3.8, 4) is 0 Å². The van der Waals surface area contributed by atoms with Crippen LogP contribution in [0.5, 0.6) is 0 Å². The Morgan fingerprint density at radius 2 is 2.56 bits per heavy atom. The first kappa shape index (κ1) is 4.79. The Balaban J connectivity index is 2.38.